The Hall–Kier alpha value is -4.07. The van der Waals surface area contributed by atoms with E-state index in [0.29, 0.717) is 22.5 Å². The number of oxazole rings is 1. The van der Waals surface area contributed by atoms with Gasteiger partial charge in [-0.05, 0) is 35.7 Å². The quantitative estimate of drug-likeness (QED) is 0.522. The van der Waals surface area contributed by atoms with Crippen molar-refractivity contribution in [3.05, 3.63) is 67.1 Å². The van der Waals surface area contributed by atoms with Gasteiger partial charge < -0.3 is 9.73 Å². The molecule has 0 unspecified atom stereocenters. The van der Waals surface area contributed by atoms with Gasteiger partial charge in [0.1, 0.15) is 11.3 Å². The van der Waals surface area contributed by atoms with Crippen molar-refractivity contribution < 1.29 is 9.21 Å². The molecule has 4 aromatic heterocycles. The van der Waals surface area contributed by atoms with Crippen LogP contribution in [0.3, 0.4) is 0 Å². The summed E-state index contributed by atoms with van der Waals surface area (Å²) >= 11 is 0. The van der Waals surface area contributed by atoms with E-state index in [4.69, 9.17) is 4.42 Å². The molecule has 0 saturated carbocycles. The zero-order valence-electron chi connectivity index (χ0n) is 14.8. The second-order valence-electron chi connectivity index (χ2n) is 6.38. The number of carbonyl (C=O) groups excluding carboxylic acids is 1. The minimum absolute atomic E-state index is 0.272. The van der Waals surface area contributed by atoms with E-state index in [2.05, 4.69) is 25.4 Å². The van der Waals surface area contributed by atoms with E-state index in [0.717, 1.165) is 22.0 Å². The number of nitrogens with zero attached hydrogens (tertiary/aromatic N) is 5. The van der Waals surface area contributed by atoms with Crippen molar-refractivity contribution in [1.82, 2.24) is 24.7 Å². The summed E-state index contributed by atoms with van der Waals surface area (Å²) < 4.78 is 6.98. The van der Waals surface area contributed by atoms with E-state index in [1.165, 1.54) is 6.39 Å². The Bertz CT molecular complexity index is 1340. The smallest absolute Gasteiger partial charge is 0.256 e. The minimum Gasteiger partial charge on any atom is -0.443 e. The number of benzene rings is 1. The standard InChI is InChI=1S/C20H14N6O2/c1-26-10-15(9-24-26)17-4-13-6-19(22-8-14(13)7-21-17)25-20(27)12-2-3-16-18(5-12)28-11-23-16/h2-11H,1H3,(H,22,25,27). The number of rotatable bonds is 3. The summed E-state index contributed by atoms with van der Waals surface area (Å²) in [4.78, 5) is 25.4. The van der Waals surface area contributed by atoms with Gasteiger partial charge in [0.2, 0.25) is 0 Å². The number of carbonyl (C=O) groups is 1. The summed E-state index contributed by atoms with van der Waals surface area (Å²) in [5.41, 5.74) is 3.46. The molecule has 8 nitrogen and oxygen atoms in total. The molecule has 8 heteroatoms. The third-order valence-electron chi connectivity index (χ3n) is 4.44. The molecular weight excluding hydrogens is 356 g/mol. The molecule has 4 heterocycles. The van der Waals surface area contributed by atoms with Crippen LogP contribution >= 0.6 is 0 Å². The first kappa shape index (κ1) is 16.1. The van der Waals surface area contributed by atoms with Crippen LogP contribution in [-0.2, 0) is 7.05 Å². The molecule has 0 aliphatic rings. The van der Waals surface area contributed by atoms with E-state index in [1.54, 1.807) is 41.5 Å². The number of aryl methyl sites for hydroxylation is 1. The highest BCUT2D eigenvalue weighted by Gasteiger charge is 2.11. The highest BCUT2D eigenvalue weighted by Crippen LogP contribution is 2.23. The van der Waals surface area contributed by atoms with Gasteiger partial charge in [-0.2, -0.15) is 5.10 Å². The number of fused-ring (bicyclic) bond motifs is 2. The summed E-state index contributed by atoms with van der Waals surface area (Å²) in [5, 5.41) is 8.80. The fraction of sp³-hybridized carbons (Fsp3) is 0.0500. The van der Waals surface area contributed by atoms with E-state index in [9.17, 15) is 4.79 Å². The predicted molar refractivity (Wildman–Crippen MR) is 104 cm³/mol. The van der Waals surface area contributed by atoms with Crippen LogP contribution in [0.2, 0.25) is 0 Å². The Morgan fingerprint density at radius 3 is 2.79 bits per heavy atom. The van der Waals surface area contributed by atoms with Gasteiger partial charge >= 0.3 is 0 Å². The Morgan fingerprint density at radius 2 is 1.93 bits per heavy atom. The van der Waals surface area contributed by atoms with Gasteiger partial charge in [0.25, 0.3) is 5.91 Å². The number of pyridine rings is 2. The van der Waals surface area contributed by atoms with Crippen molar-refractivity contribution in [2.45, 2.75) is 0 Å². The minimum atomic E-state index is -0.272. The van der Waals surface area contributed by atoms with Gasteiger partial charge in [-0.1, -0.05) is 0 Å². The highest BCUT2D eigenvalue weighted by atomic mass is 16.3. The van der Waals surface area contributed by atoms with Crippen molar-refractivity contribution in [2.75, 3.05) is 5.32 Å². The molecular formula is C20H14N6O2. The summed E-state index contributed by atoms with van der Waals surface area (Å²) in [7, 11) is 1.86. The summed E-state index contributed by atoms with van der Waals surface area (Å²) in [5.74, 6) is 0.185. The van der Waals surface area contributed by atoms with Crippen molar-refractivity contribution >= 4 is 33.6 Å². The Kier molecular flexibility index (Phi) is 3.61. The molecule has 1 amide bonds. The lowest BCUT2D eigenvalue weighted by molar-refractivity contribution is 0.102. The largest absolute Gasteiger partial charge is 0.443 e. The maximum absolute atomic E-state index is 12.6. The average molecular weight is 370 g/mol. The molecule has 0 saturated heterocycles. The van der Waals surface area contributed by atoms with Gasteiger partial charge in [-0.15, -0.1) is 0 Å². The third kappa shape index (κ3) is 2.86. The Balaban J connectivity index is 1.45. The second kappa shape index (κ2) is 6.27. The van der Waals surface area contributed by atoms with Gasteiger partial charge in [0.15, 0.2) is 12.0 Å². The Morgan fingerprint density at radius 1 is 1.04 bits per heavy atom. The van der Waals surface area contributed by atoms with Gasteiger partial charge in [0.05, 0.1) is 11.9 Å². The first-order chi connectivity index (χ1) is 13.7. The SMILES string of the molecule is Cn1cc(-c2cc3cc(NC(=O)c4ccc5ncoc5c4)ncc3cn2)cn1. The molecule has 28 heavy (non-hydrogen) atoms. The molecule has 0 radical (unpaired) electrons. The van der Waals surface area contributed by atoms with Crippen LogP contribution in [-0.4, -0.2) is 30.6 Å². The number of hydrogen-bond donors (Lipinski definition) is 1. The van der Waals surface area contributed by atoms with E-state index in [1.807, 2.05) is 25.4 Å². The lowest BCUT2D eigenvalue weighted by Crippen LogP contribution is -2.12. The van der Waals surface area contributed by atoms with Crippen molar-refractivity contribution in [3.8, 4) is 11.3 Å². The topological polar surface area (TPSA) is 98.7 Å². The predicted octanol–water partition coefficient (Wildman–Crippen LogP) is 3.42. The highest BCUT2D eigenvalue weighted by molar-refractivity contribution is 6.06. The van der Waals surface area contributed by atoms with Crippen molar-refractivity contribution in [3.63, 3.8) is 0 Å². The van der Waals surface area contributed by atoms with Crippen molar-refractivity contribution in [2.24, 2.45) is 7.05 Å². The summed E-state index contributed by atoms with van der Waals surface area (Å²) in [6.45, 7) is 0. The second-order valence-corrected chi connectivity index (χ2v) is 6.38. The van der Waals surface area contributed by atoms with E-state index in [-0.39, 0.29) is 5.91 Å². The van der Waals surface area contributed by atoms with Crippen molar-refractivity contribution in [1.29, 1.82) is 0 Å². The molecule has 136 valence electrons. The molecule has 1 aromatic carbocycles. The lowest BCUT2D eigenvalue weighted by atomic mass is 10.1. The molecule has 0 aliphatic carbocycles. The first-order valence-electron chi connectivity index (χ1n) is 8.55. The van der Waals surface area contributed by atoms with Crippen LogP contribution in [0.1, 0.15) is 10.4 Å². The van der Waals surface area contributed by atoms with Gasteiger partial charge in [0, 0.05) is 42.2 Å². The van der Waals surface area contributed by atoms with Crippen LogP contribution in [0.15, 0.2) is 65.9 Å². The van der Waals surface area contributed by atoms with Crippen LogP contribution in [0, 0.1) is 0 Å². The van der Waals surface area contributed by atoms with E-state index >= 15 is 0 Å². The average Bonchev–Trinajstić information content (AvgIpc) is 3.35. The molecule has 1 N–H and O–H groups in total. The maximum atomic E-state index is 12.6. The molecule has 5 aromatic rings. The van der Waals surface area contributed by atoms with Crippen LogP contribution in [0.25, 0.3) is 33.1 Å². The fourth-order valence-corrected chi connectivity index (χ4v) is 3.00. The zero-order chi connectivity index (χ0) is 19.1. The summed E-state index contributed by atoms with van der Waals surface area (Å²) in [6, 6.07) is 8.87. The number of anilines is 1. The molecule has 0 atom stereocenters. The summed E-state index contributed by atoms with van der Waals surface area (Å²) in [6.07, 6.45) is 8.46. The monoisotopic (exact) mass is 370 g/mol. The first-order valence-corrected chi connectivity index (χ1v) is 8.55. The van der Waals surface area contributed by atoms with Crippen LogP contribution in [0.5, 0.6) is 0 Å². The van der Waals surface area contributed by atoms with E-state index < -0.39 is 0 Å². The number of nitrogens with one attached hydrogen (secondary N) is 1. The maximum Gasteiger partial charge on any atom is 0.256 e. The normalized spacial score (nSPS) is 11.2. The molecule has 0 spiro atoms. The van der Waals surface area contributed by atoms with Gasteiger partial charge in [-0.25, -0.2) is 9.97 Å². The molecule has 0 aliphatic heterocycles. The number of hydrogen-bond acceptors (Lipinski definition) is 6. The zero-order valence-corrected chi connectivity index (χ0v) is 14.8. The molecule has 0 fully saturated rings. The molecule has 0 bridgehead atoms. The number of amides is 1. The van der Waals surface area contributed by atoms with Crippen LogP contribution < -0.4 is 5.32 Å². The lowest BCUT2D eigenvalue weighted by Gasteiger charge is -2.06. The Labute approximate surface area is 158 Å². The molecule has 5 rings (SSSR count). The van der Waals surface area contributed by atoms with Gasteiger partial charge in [-0.3, -0.25) is 14.5 Å². The van der Waals surface area contributed by atoms with Crippen LogP contribution in [0.4, 0.5) is 5.82 Å². The number of aromatic nitrogens is 5. The third-order valence-corrected chi connectivity index (χ3v) is 4.44. The fourth-order valence-electron chi connectivity index (χ4n) is 3.00.